The van der Waals surface area contributed by atoms with Gasteiger partial charge in [-0.3, -0.25) is 14.4 Å². The number of anilines is 2. The molecule has 0 bridgehead atoms. The van der Waals surface area contributed by atoms with Crippen molar-refractivity contribution in [2.75, 3.05) is 23.8 Å². The highest BCUT2D eigenvalue weighted by Gasteiger charge is 2.21. The van der Waals surface area contributed by atoms with Crippen LogP contribution in [0.1, 0.15) is 53.8 Å². The fourth-order valence-electron chi connectivity index (χ4n) is 4.08. The van der Waals surface area contributed by atoms with Gasteiger partial charge in [0.05, 0.1) is 17.9 Å². The first-order valence-corrected chi connectivity index (χ1v) is 12.9. The van der Waals surface area contributed by atoms with Crippen LogP contribution in [0.2, 0.25) is 0 Å². The van der Waals surface area contributed by atoms with E-state index in [2.05, 4.69) is 16.0 Å². The van der Waals surface area contributed by atoms with Crippen LogP contribution in [0, 0.1) is 0 Å². The van der Waals surface area contributed by atoms with E-state index < -0.39 is 17.9 Å². The second-order valence-corrected chi connectivity index (χ2v) is 8.87. The summed E-state index contributed by atoms with van der Waals surface area (Å²) in [6.07, 6.45) is 1.88. The predicted molar refractivity (Wildman–Crippen MR) is 151 cm³/mol. The van der Waals surface area contributed by atoms with Gasteiger partial charge in [0.15, 0.2) is 0 Å². The average Bonchev–Trinajstić information content (AvgIpc) is 2.93. The minimum absolute atomic E-state index is 0.211. The van der Waals surface area contributed by atoms with Crippen molar-refractivity contribution in [1.29, 1.82) is 0 Å². The van der Waals surface area contributed by atoms with E-state index in [1.807, 2.05) is 30.3 Å². The number of nitrogens with one attached hydrogen (secondary N) is 3. The second kappa shape index (κ2) is 14.4. The molecule has 0 saturated carbocycles. The molecule has 0 heterocycles. The van der Waals surface area contributed by atoms with E-state index in [1.165, 1.54) is 6.92 Å². The summed E-state index contributed by atoms with van der Waals surface area (Å²) in [5, 5.41) is 8.37. The Labute approximate surface area is 228 Å². The first-order chi connectivity index (χ1) is 18.8. The van der Waals surface area contributed by atoms with E-state index in [0.29, 0.717) is 41.9 Å². The number of benzene rings is 3. The van der Waals surface area contributed by atoms with Crippen molar-refractivity contribution in [2.24, 2.45) is 5.73 Å². The van der Waals surface area contributed by atoms with Crippen molar-refractivity contribution in [2.45, 2.75) is 39.2 Å². The van der Waals surface area contributed by atoms with Crippen LogP contribution >= 0.6 is 0 Å². The van der Waals surface area contributed by atoms with E-state index in [9.17, 15) is 19.2 Å². The zero-order valence-corrected chi connectivity index (χ0v) is 22.2. The van der Waals surface area contributed by atoms with Gasteiger partial charge in [-0.25, -0.2) is 4.79 Å². The number of hydrogen-bond acceptors (Lipinski definition) is 6. The monoisotopic (exact) mass is 530 g/mol. The molecule has 39 heavy (non-hydrogen) atoms. The zero-order valence-electron chi connectivity index (χ0n) is 22.2. The molecule has 3 amide bonds. The van der Waals surface area contributed by atoms with Crippen LogP contribution in [0.25, 0.3) is 11.1 Å². The predicted octanol–water partition coefficient (Wildman–Crippen LogP) is 4.35. The molecule has 204 valence electrons. The smallest absolute Gasteiger partial charge is 0.340 e. The van der Waals surface area contributed by atoms with Crippen molar-refractivity contribution in [3.63, 3.8) is 0 Å². The number of para-hydroxylation sites is 1. The third kappa shape index (κ3) is 8.24. The van der Waals surface area contributed by atoms with Crippen molar-refractivity contribution < 1.29 is 23.9 Å². The number of carbonyl (C=O) groups is 4. The largest absolute Gasteiger partial charge is 0.462 e. The van der Waals surface area contributed by atoms with Gasteiger partial charge >= 0.3 is 5.97 Å². The molecular formula is C30H34N4O5. The summed E-state index contributed by atoms with van der Waals surface area (Å²) in [5.74, 6) is -1.62. The number of rotatable bonds is 12. The van der Waals surface area contributed by atoms with E-state index in [4.69, 9.17) is 10.5 Å². The van der Waals surface area contributed by atoms with Crippen LogP contribution in [0.15, 0.2) is 72.8 Å². The summed E-state index contributed by atoms with van der Waals surface area (Å²) < 4.78 is 5.11. The first-order valence-electron chi connectivity index (χ1n) is 12.9. The van der Waals surface area contributed by atoms with Crippen molar-refractivity contribution in [3.05, 3.63) is 83.9 Å². The van der Waals surface area contributed by atoms with Crippen LogP contribution < -0.4 is 21.7 Å². The molecule has 3 rings (SSSR count). The van der Waals surface area contributed by atoms with Gasteiger partial charge in [-0.2, -0.15) is 0 Å². The number of amides is 3. The fraction of sp³-hybridized carbons (Fsp3) is 0.267. The van der Waals surface area contributed by atoms with Crippen molar-refractivity contribution in [1.82, 2.24) is 5.32 Å². The molecule has 0 spiro atoms. The van der Waals surface area contributed by atoms with Crippen molar-refractivity contribution in [3.8, 4) is 11.1 Å². The highest BCUT2D eigenvalue weighted by atomic mass is 16.5. The lowest BCUT2D eigenvalue weighted by Crippen LogP contribution is -2.42. The molecule has 1 atom stereocenters. The fourth-order valence-corrected chi connectivity index (χ4v) is 4.08. The Morgan fingerprint density at radius 2 is 1.59 bits per heavy atom. The van der Waals surface area contributed by atoms with Gasteiger partial charge in [0.25, 0.3) is 5.91 Å². The van der Waals surface area contributed by atoms with Gasteiger partial charge in [0.1, 0.15) is 6.04 Å². The van der Waals surface area contributed by atoms with Gasteiger partial charge in [0, 0.05) is 18.2 Å². The molecule has 0 saturated heterocycles. The minimum Gasteiger partial charge on any atom is -0.462 e. The summed E-state index contributed by atoms with van der Waals surface area (Å²) in [6, 6.07) is 20.2. The van der Waals surface area contributed by atoms with Crippen molar-refractivity contribution >= 4 is 35.1 Å². The molecule has 3 aromatic carbocycles. The SMILES string of the molecule is CCOC(=O)c1ccccc1NC(=O)c1ccc(NC(=O)[C@H](CCCCN)NC(C)=O)cc1-c1ccccc1. The lowest BCUT2D eigenvalue weighted by atomic mass is 9.98. The standard InChI is InChI=1S/C30H34N4O5/c1-3-39-30(38)24-13-7-8-14-26(24)34-28(36)23-17-16-22(19-25(23)21-11-5-4-6-12-21)33-29(37)27(32-20(2)35)15-9-10-18-31/h4-8,11-14,16-17,19,27H,3,9-10,15,18,31H2,1-2H3,(H,32,35)(H,33,37)(H,34,36)/t27-/m0/s1. The molecule has 0 fully saturated rings. The molecule has 9 heteroatoms. The molecule has 3 aromatic rings. The topological polar surface area (TPSA) is 140 Å². The third-order valence-electron chi connectivity index (χ3n) is 5.93. The Balaban J connectivity index is 1.91. The Hall–Kier alpha value is -4.50. The summed E-state index contributed by atoms with van der Waals surface area (Å²) in [5.41, 5.74) is 8.30. The molecule has 0 aliphatic rings. The average molecular weight is 531 g/mol. The normalized spacial score (nSPS) is 11.3. The Kier molecular flexibility index (Phi) is 10.8. The second-order valence-electron chi connectivity index (χ2n) is 8.87. The number of unbranched alkanes of at least 4 members (excludes halogenated alkanes) is 1. The Morgan fingerprint density at radius 1 is 0.872 bits per heavy atom. The molecule has 0 aliphatic carbocycles. The van der Waals surface area contributed by atoms with Gasteiger partial charge in [-0.05, 0) is 74.2 Å². The number of nitrogens with two attached hydrogens (primary N) is 1. The first kappa shape index (κ1) is 29.1. The zero-order chi connectivity index (χ0) is 28.2. The lowest BCUT2D eigenvalue weighted by Gasteiger charge is -2.19. The number of hydrogen-bond donors (Lipinski definition) is 4. The van der Waals surface area contributed by atoms with Crippen LogP contribution in [-0.4, -0.2) is 42.9 Å². The lowest BCUT2D eigenvalue weighted by molar-refractivity contribution is -0.125. The van der Waals surface area contributed by atoms with E-state index in [1.54, 1.807) is 49.4 Å². The molecule has 0 unspecified atom stereocenters. The maximum Gasteiger partial charge on any atom is 0.340 e. The van der Waals surface area contributed by atoms with Crippen LogP contribution in [0.5, 0.6) is 0 Å². The highest BCUT2D eigenvalue weighted by Crippen LogP contribution is 2.29. The van der Waals surface area contributed by atoms with Crippen LogP contribution in [0.4, 0.5) is 11.4 Å². The number of ether oxygens (including phenoxy) is 1. The third-order valence-corrected chi connectivity index (χ3v) is 5.93. The molecule has 5 N–H and O–H groups in total. The molecule has 0 aromatic heterocycles. The maximum atomic E-state index is 13.4. The van der Waals surface area contributed by atoms with Gasteiger partial charge in [0.2, 0.25) is 11.8 Å². The minimum atomic E-state index is -0.712. The summed E-state index contributed by atoms with van der Waals surface area (Å²) >= 11 is 0. The summed E-state index contributed by atoms with van der Waals surface area (Å²) in [7, 11) is 0. The molecule has 0 radical (unpaired) electrons. The molecule has 9 nitrogen and oxygen atoms in total. The van der Waals surface area contributed by atoms with Gasteiger partial charge in [-0.15, -0.1) is 0 Å². The Bertz CT molecular complexity index is 1310. The van der Waals surface area contributed by atoms with Crippen LogP contribution in [0.3, 0.4) is 0 Å². The highest BCUT2D eigenvalue weighted by molar-refractivity contribution is 6.12. The van der Waals surface area contributed by atoms with Gasteiger partial charge < -0.3 is 26.4 Å². The molecule has 0 aliphatic heterocycles. The van der Waals surface area contributed by atoms with E-state index >= 15 is 0 Å². The Morgan fingerprint density at radius 3 is 2.28 bits per heavy atom. The summed E-state index contributed by atoms with van der Waals surface area (Å²) in [4.78, 5) is 50.5. The van der Waals surface area contributed by atoms with E-state index in [0.717, 1.165) is 12.0 Å². The molecular weight excluding hydrogens is 496 g/mol. The quantitative estimate of drug-likeness (QED) is 0.203. The number of esters is 1. The van der Waals surface area contributed by atoms with E-state index in [-0.39, 0.29) is 24.0 Å². The van der Waals surface area contributed by atoms with Gasteiger partial charge in [-0.1, -0.05) is 42.5 Å². The maximum absolute atomic E-state index is 13.4. The summed E-state index contributed by atoms with van der Waals surface area (Å²) in [6.45, 7) is 3.79. The number of carbonyl (C=O) groups excluding carboxylic acids is 4. The van der Waals surface area contributed by atoms with Crippen LogP contribution in [-0.2, 0) is 14.3 Å².